The van der Waals surface area contributed by atoms with E-state index in [0.717, 1.165) is 22.8 Å². The van der Waals surface area contributed by atoms with Crippen molar-refractivity contribution in [3.63, 3.8) is 0 Å². The summed E-state index contributed by atoms with van der Waals surface area (Å²) < 4.78 is 7.65. The van der Waals surface area contributed by atoms with Gasteiger partial charge in [-0.05, 0) is 18.6 Å². The number of aromatic amines is 1. The fourth-order valence-corrected chi connectivity index (χ4v) is 2.69. The van der Waals surface area contributed by atoms with Crippen LogP contribution in [0.4, 0.5) is 0 Å². The Labute approximate surface area is 108 Å². The second-order valence-electron chi connectivity index (χ2n) is 3.48. The van der Waals surface area contributed by atoms with E-state index in [1.165, 1.54) is 0 Å². The van der Waals surface area contributed by atoms with Crippen LogP contribution in [-0.2, 0) is 17.7 Å². The highest BCUT2D eigenvalue weighted by Gasteiger charge is 2.14. The Morgan fingerprint density at radius 2 is 2.41 bits per heavy atom. The van der Waals surface area contributed by atoms with E-state index in [9.17, 15) is 0 Å². The number of rotatable bonds is 5. The van der Waals surface area contributed by atoms with Gasteiger partial charge in [-0.3, -0.25) is 9.67 Å². The van der Waals surface area contributed by atoms with Crippen molar-refractivity contribution in [2.24, 2.45) is 0 Å². The van der Waals surface area contributed by atoms with Crippen molar-refractivity contribution in [2.45, 2.75) is 19.9 Å². The highest BCUT2D eigenvalue weighted by molar-refractivity contribution is 7.71. The molecule has 0 fully saturated rings. The Kier molecular flexibility index (Phi) is 4.03. The van der Waals surface area contributed by atoms with Crippen LogP contribution in [0.5, 0.6) is 0 Å². The largest absolute Gasteiger partial charge is 0.383 e. The lowest BCUT2D eigenvalue weighted by Crippen LogP contribution is -2.06. The van der Waals surface area contributed by atoms with E-state index in [-0.39, 0.29) is 0 Å². The lowest BCUT2D eigenvalue weighted by Gasteiger charge is -2.05. The minimum absolute atomic E-state index is 0.612. The molecule has 2 rings (SSSR count). The molecule has 2 aromatic heterocycles. The molecule has 5 nitrogen and oxygen atoms in total. The number of nitrogens with one attached hydrogen (secondary N) is 1. The average Bonchev–Trinajstić information content (AvgIpc) is 2.92. The second kappa shape index (κ2) is 5.52. The standard InChI is InChI=1S/C10H14N4OS2/c1-3-7-8(17-6-11-7)9-12-13-10(16)14(9)4-5-15-2/h6H,3-5H2,1-2H3,(H,13,16). The van der Waals surface area contributed by atoms with Gasteiger partial charge in [0.15, 0.2) is 10.6 Å². The van der Waals surface area contributed by atoms with Gasteiger partial charge in [-0.25, -0.2) is 4.98 Å². The van der Waals surface area contributed by atoms with Gasteiger partial charge < -0.3 is 4.74 Å². The van der Waals surface area contributed by atoms with E-state index in [2.05, 4.69) is 22.1 Å². The number of hydrogen-bond donors (Lipinski definition) is 1. The molecule has 0 aliphatic carbocycles. The summed E-state index contributed by atoms with van der Waals surface area (Å²) in [5, 5.41) is 7.11. The van der Waals surface area contributed by atoms with Crippen LogP contribution in [0, 0.1) is 4.77 Å². The Bertz CT molecular complexity index is 542. The zero-order valence-corrected chi connectivity index (χ0v) is 11.4. The van der Waals surface area contributed by atoms with Crippen molar-refractivity contribution < 1.29 is 4.74 Å². The molecular weight excluding hydrogens is 256 g/mol. The molecule has 17 heavy (non-hydrogen) atoms. The number of aromatic nitrogens is 4. The summed E-state index contributed by atoms with van der Waals surface area (Å²) in [6.45, 7) is 3.39. The minimum Gasteiger partial charge on any atom is -0.383 e. The average molecular weight is 270 g/mol. The summed E-state index contributed by atoms with van der Waals surface area (Å²) >= 11 is 6.80. The SMILES string of the molecule is CCc1ncsc1-c1n[nH]c(=S)n1CCOC. The number of aryl methyl sites for hydroxylation is 1. The van der Waals surface area contributed by atoms with E-state index in [1.54, 1.807) is 18.4 Å². The van der Waals surface area contributed by atoms with E-state index in [4.69, 9.17) is 17.0 Å². The van der Waals surface area contributed by atoms with Gasteiger partial charge in [0.1, 0.15) is 0 Å². The molecule has 1 N–H and O–H groups in total. The molecule has 7 heteroatoms. The molecule has 0 radical (unpaired) electrons. The van der Waals surface area contributed by atoms with Crippen LogP contribution in [0.1, 0.15) is 12.6 Å². The number of nitrogens with zero attached hydrogens (tertiary/aromatic N) is 3. The van der Waals surface area contributed by atoms with E-state index in [0.29, 0.717) is 17.9 Å². The van der Waals surface area contributed by atoms with Gasteiger partial charge in [0, 0.05) is 7.11 Å². The van der Waals surface area contributed by atoms with E-state index >= 15 is 0 Å². The topological polar surface area (TPSA) is 55.7 Å². The normalized spacial score (nSPS) is 10.9. The molecule has 0 saturated heterocycles. The molecule has 0 atom stereocenters. The van der Waals surface area contributed by atoms with Crippen LogP contribution in [0.3, 0.4) is 0 Å². The van der Waals surface area contributed by atoms with Crippen LogP contribution in [0.15, 0.2) is 5.51 Å². The van der Waals surface area contributed by atoms with Crippen molar-refractivity contribution in [3.05, 3.63) is 16.0 Å². The first-order valence-electron chi connectivity index (χ1n) is 5.34. The van der Waals surface area contributed by atoms with Crippen molar-refractivity contribution in [1.29, 1.82) is 0 Å². The van der Waals surface area contributed by atoms with Crippen molar-refractivity contribution in [2.75, 3.05) is 13.7 Å². The molecule has 92 valence electrons. The van der Waals surface area contributed by atoms with Gasteiger partial charge in [0.25, 0.3) is 0 Å². The molecule has 2 heterocycles. The molecule has 0 bridgehead atoms. The lowest BCUT2D eigenvalue weighted by atomic mass is 10.3. The summed E-state index contributed by atoms with van der Waals surface area (Å²) in [5.74, 6) is 0.853. The Morgan fingerprint density at radius 3 is 3.12 bits per heavy atom. The minimum atomic E-state index is 0.612. The van der Waals surface area contributed by atoms with Gasteiger partial charge in [-0.2, -0.15) is 5.10 Å². The van der Waals surface area contributed by atoms with Gasteiger partial charge in [-0.15, -0.1) is 11.3 Å². The summed E-state index contributed by atoms with van der Waals surface area (Å²) in [5.41, 5.74) is 2.90. The first kappa shape index (κ1) is 12.4. The Balaban J connectivity index is 2.42. The predicted octanol–water partition coefficient (Wildman–Crippen LogP) is 2.27. The summed E-state index contributed by atoms with van der Waals surface area (Å²) in [7, 11) is 1.67. The molecule has 0 aliphatic heterocycles. The monoisotopic (exact) mass is 270 g/mol. The lowest BCUT2D eigenvalue weighted by molar-refractivity contribution is 0.187. The van der Waals surface area contributed by atoms with Gasteiger partial charge >= 0.3 is 0 Å². The molecule has 2 aromatic rings. The maximum absolute atomic E-state index is 5.21. The van der Waals surface area contributed by atoms with Crippen molar-refractivity contribution in [1.82, 2.24) is 19.7 Å². The summed E-state index contributed by atoms with van der Waals surface area (Å²) in [6, 6.07) is 0. The van der Waals surface area contributed by atoms with Crippen LogP contribution in [-0.4, -0.2) is 33.5 Å². The quantitative estimate of drug-likeness (QED) is 0.847. The van der Waals surface area contributed by atoms with E-state index in [1.807, 2.05) is 10.1 Å². The molecule has 0 spiro atoms. The van der Waals surface area contributed by atoms with Gasteiger partial charge in [-0.1, -0.05) is 6.92 Å². The smallest absolute Gasteiger partial charge is 0.195 e. The third kappa shape index (κ3) is 2.46. The molecule has 0 aliphatic rings. The maximum Gasteiger partial charge on any atom is 0.195 e. The molecule has 0 saturated carbocycles. The number of hydrogen-bond acceptors (Lipinski definition) is 5. The van der Waals surface area contributed by atoms with Crippen LogP contribution in [0.2, 0.25) is 0 Å². The van der Waals surface area contributed by atoms with Crippen LogP contribution >= 0.6 is 23.6 Å². The van der Waals surface area contributed by atoms with Gasteiger partial charge in [0.2, 0.25) is 0 Å². The number of thiazole rings is 1. The fourth-order valence-electron chi connectivity index (χ4n) is 1.58. The molecule has 0 amide bonds. The zero-order chi connectivity index (χ0) is 12.3. The van der Waals surface area contributed by atoms with Crippen LogP contribution in [0.25, 0.3) is 10.7 Å². The second-order valence-corrected chi connectivity index (χ2v) is 4.72. The highest BCUT2D eigenvalue weighted by atomic mass is 32.1. The first-order chi connectivity index (χ1) is 8.27. The summed E-state index contributed by atoms with van der Waals surface area (Å²) in [6.07, 6.45) is 0.892. The number of methoxy groups -OCH3 is 1. The van der Waals surface area contributed by atoms with Crippen molar-refractivity contribution in [3.8, 4) is 10.7 Å². The Morgan fingerprint density at radius 1 is 1.59 bits per heavy atom. The third-order valence-electron chi connectivity index (χ3n) is 2.46. The van der Waals surface area contributed by atoms with Crippen molar-refractivity contribution >= 4 is 23.6 Å². The predicted molar refractivity (Wildman–Crippen MR) is 69.8 cm³/mol. The molecular formula is C10H14N4OS2. The first-order valence-corrected chi connectivity index (χ1v) is 6.63. The molecule has 0 aromatic carbocycles. The van der Waals surface area contributed by atoms with E-state index < -0.39 is 0 Å². The number of H-pyrrole nitrogens is 1. The highest BCUT2D eigenvalue weighted by Crippen LogP contribution is 2.26. The fraction of sp³-hybridized carbons (Fsp3) is 0.500. The Hall–Kier alpha value is -1.05. The third-order valence-corrected chi connectivity index (χ3v) is 3.63. The molecule has 0 unspecified atom stereocenters. The summed E-state index contributed by atoms with van der Waals surface area (Å²) in [4.78, 5) is 5.41. The number of ether oxygens (including phenoxy) is 1. The zero-order valence-electron chi connectivity index (χ0n) is 9.77. The van der Waals surface area contributed by atoms with Gasteiger partial charge in [0.05, 0.1) is 29.2 Å². The maximum atomic E-state index is 5.21. The van der Waals surface area contributed by atoms with Crippen LogP contribution < -0.4 is 0 Å².